The van der Waals surface area contributed by atoms with Crippen LogP contribution in [0.1, 0.15) is 11.3 Å². The fourth-order valence-electron chi connectivity index (χ4n) is 2.30. The largest absolute Gasteiger partial charge is 0.497 e. The summed E-state index contributed by atoms with van der Waals surface area (Å²) >= 11 is 0. The molecule has 0 saturated carbocycles. The van der Waals surface area contributed by atoms with Crippen LogP contribution < -0.4 is 9.47 Å². The molecule has 4 heteroatoms. The number of para-hydroxylation sites is 1. The fourth-order valence-corrected chi connectivity index (χ4v) is 2.30. The number of aromatic nitrogens is 2. The van der Waals surface area contributed by atoms with Crippen LogP contribution in [0.15, 0.2) is 48.8 Å². The van der Waals surface area contributed by atoms with Crippen molar-refractivity contribution in [2.75, 3.05) is 14.2 Å². The Morgan fingerprint density at radius 2 is 1.77 bits per heavy atom. The molecule has 0 bridgehead atoms. The molecule has 1 heterocycles. The summed E-state index contributed by atoms with van der Waals surface area (Å²) in [5.74, 6) is 1.57. The summed E-state index contributed by atoms with van der Waals surface area (Å²) in [4.78, 5) is 8.62. The maximum absolute atomic E-state index is 5.38. The van der Waals surface area contributed by atoms with E-state index in [0.717, 1.165) is 33.7 Å². The van der Waals surface area contributed by atoms with Crippen LogP contribution in [0.2, 0.25) is 0 Å². The van der Waals surface area contributed by atoms with Crippen molar-refractivity contribution in [1.29, 1.82) is 0 Å². The minimum absolute atomic E-state index is 0.785. The Balaban J connectivity index is 2.03. The molecule has 0 spiro atoms. The van der Waals surface area contributed by atoms with Crippen LogP contribution in [0.25, 0.3) is 23.1 Å². The highest BCUT2D eigenvalue weighted by Crippen LogP contribution is 2.26. The Kier molecular flexibility index (Phi) is 4.01. The SMILES string of the molecule is COc1ccc(OC)c(/C=C/c2ncnc3ccccc23)c1. The summed E-state index contributed by atoms with van der Waals surface area (Å²) in [5.41, 5.74) is 2.73. The summed E-state index contributed by atoms with van der Waals surface area (Å²) < 4.78 is 10.6. The Morgan fingerprint density at radius 3 is 2.59 bits per heavy atom. The van der Waals surface area contributed by atoms with Gasteiger partial charge in [0.25, 0.3) is 0 Å². The first-order valence-electron chi connectivity index (χ1n) is 6.91. The van der Waals surface area contributed by atoms with Gasteiger partial charge >= 0.3 is 0 Å². The van der Waals surface area contributed by atoms with E-state index >= 15 is 0 Å². The van der Waals surface area contributed by atoms with Gasteiger partial charge in [-0.1, -0.05) is 18.2 Å². The summed E-state index contributed by atoms with van der Waals surface area (Å²) in [6, 6.07) is 13.6. The maximum atomic E-state index is 5.38. The van der Waals surface area contributed by atoms with Gasteiger partial charge < -0.3 is 9.47 Å². The minimum Gasteiger partial charge on any atom is -0.497 e. The molecule has 0 fully saturated rings. The molecule has 3 rings (SSSR count). The molecule has 0 atom stereocenters. The van der Waals surface area contributed by atoms with Crippen molar-refractivity contribution in [3.05, 3.63) is 60.0 Å². The molecule has 0 saturated heterocycles. The third-order valence-corrected chi connectivity index (χ3v) is 3.43. The normalized spacial score (nSPS) is 11.0. The van der Waals surface area contributed by atoms with Gasteiger partial charge in [0.2, 0.25) is 0 Å². The zero-order valence-electron chi connectivity index (χ0n) is 12.5. The fraction of sp³-hybridized carbons (Fsp3) is 0.111. The van der Waals surface area contributed by atoms with Gasteiger partial charge in [0, 0.05) is 10.9 Å². The molecule has 0 aliphatic carbocycles. The summed E-state index contributed by atoms with van der Waals surface area (Å²) in [7, 11) is 3.30. The van der Waals surface area contributed by atoms with Gasteiger partial charge in [-0.2, -0.15) is 0 Å². The lowest BCUT2D eigenvalue weighted by Gasteiger charge is -2.07. The molecule has 22 heavy (non-hydrogen) atoms. The highest BCUT2D eigenvalue weighted by Gasteiger charge is 2.03. The zero-order chi connectivity index (χ0) is 15.4. The van der Waals surface area contributed by atoms with Crippen LogP contribution in [0.5, 0.6) is 11.5 Å². The molecule has 1 aromatic heterocycles. The van der Waals surface area contributed by atoms with Gasteiger partial charge in [-0.15, -0.1) is 0 Å². The number of benzene rings is 2. The highest BCUT2D eigenvalue weighted by atomic mass is 16.5. The van der Waals surface area contributed by atoms with Crippen molar-refractivity contribution in [1.82, 2.24) is 9.97 Å². The van der Waals surface area contributed by atoms with E-state index in [2.05, 4.69) is 9.97 Å². The Hall–Kier alpha value is -2.88. The molecule has 0 unspecified atom stereocenters. The van der Waals surface area contributed by atoms with Crippen LogP contribution in [-0.4, -0.2) is 24.2 Å². The number of hydrogen-bond donors (Lipinski definition) is 0. The lowest BCUT2D eigenvalue weighted by molar-refractivity contribution is 0.402. The van der Waals surface area contributed by atoms with E-state index in [1.54, 1.807) is 20.5 Å². The van der Waals surface area contributed by atoms with E-state index in [4.69, 9.17) is 9.47 Å². The van der Waals surface area contributed by atoms with Crippen LogP contribution in [0, 0.1) is 0 Å². The smallest absolute Gasteiger partial charge is 0.126 e. The van der Waals surface area contributed by atoms with Crippen LogP contribution in [0.3, 0.4) is 0 Å². The third kappa shape index (κ3) is 2.76. The van der Waals surface area contributed by atoms with E-state index in [9.17, 15) is 0 Å². The third-order valence-electron chi connectivity index (χ3n) is 3.43. The number of fused-ring (bicyclic) bond motifs is 1. The first-order valence-corrected chi connectivity index (χ1v) is 6.91. The van der Waals surface area contributed by atoms with Gasteiger partial charge in [-0.25, -0.2) is 9.97 Å². The van der Waals surface area contributed by atoms with Crippen LogP contribution in [-0.2, 0) is 0 Å². The lowest BCUT2D eigenvalue weighted by Crippen LogP contribution is -1.90. The van der Waals surface area contributed by atoms with Crippen molar-refractivity contribution in [3.8, 4) is 11.5 Å². The predicted molar refractivity (Wildman–Crippen MR) is 88.0 cm³/mol. The molecule has 0 radical (unpaired) electrons. The molecule has 0 aliphatic rings. The van der Waals surface area contributed by atoms with E-state index in [-0.39, 0.29) is 0 Å². The van der Waals surface area contributed by atoms with Gasteiger partial charge in [0.1, 0.15) is 17.8 Å². The number of nitrogens with zero attached hydrogens (tertiary/aromatic N) is 2. The Bertz CT molecular complexity index is 823. The minimum atomic E-state index is 0.785. The second-order valence-corrected chi connectivity index (χ2v) is 4.72. The molecule has 2 aromatic carbocycles. The summed E-state index contributed by atoms with van der Waals surface area (Å²) in [5, 5.41) is 1.02. The molecule has 0 amide bonds. The van der Waals surface area contributed by atoms with Gasteiger partial charge in [-0.05, 0) is 36.4 Å². The van der Waals surface area contributed by atoms with Gasteiger partial charge in [0.15, 0.2) is 0 Å². The number of hydrogen-bond acceptors (Lipinski definition) is 4. The van der Waals surface area contributed by atoms with Crippen LogP contribution >= 0.6 is 0 Å². The molecular weight excluding hydrogens is 276 g/mol. The average Bonchev–Trinajstić information content (AvgIpc) is 2.59. The Labute approximate surface area is 129 Å². The monoisotopic (exact) mass is 292 g/mol. The topological polar surface area (TPSA) is 44.2 Å². The first kappa shape index (κ1) is 14.1. The van der Waals surface area contributed by atoms with E-state index in [0.29, 0.717) is 0 Å². The second-order valence-electron chi connectivity index (χ2n) is 4.72. The van der Waals surface area contributed by atoms with E-state index in [1.165, 1.54) is 0 Å². The summed E-state index contributed by atoms with van der Waals surface area (Å²) in [6.07, 6.45) is 5.50. The molecule has 4 nitrogen and oxygen atoms in total. The second kappa shape index (κ2) is 6.26. The van der Waals surface area contributed by atoms with Crippen molar-refractivity contribution >= 4 is 23.1 Å². The zero-order valence-corrected chi connectivity index (χ0v) is 12.5. The van der Waals surface area contributed by atoms with Gasteiger partial charge in [0.05, 0.1) is 25.4 Å². The van der Waals surface area contributed by atoms with Crippen molar-refractivity contribution in [3.63, 3.8) is 0 Å². The molecule has 0 N–H and O–H groups in total. The van der Waals surface area contributed by atoms with E-state index < -0.39 is 0 Å². The van der Waals surface area contributed by atoms with Crippen LogP contribution in [0.4, 0.5) is 0 Å². The summed E-state index contributed by atoms with van der Waals surface area (Å²) in [6.45, 7) is 0. The predicted octanol–water partition coefficient (Wildman–Crippen LogP) is 3.82. The lowest BCUT2D eigenvalue weighted by atomic mass is 10.1. The van der Waals surface area contributed by atoms with Gasteiger partial charge in [-0.3, -0.25) is 0 Å². The average molecular weight is 292 g/mol. The molecular formula is C18H16N2O2. The number of methoxy groups -OCH3 is 2. The number of rotatable bonds is 4. The molecule has 110 valence electrons. The van der Waals surface area contributed by atoms with Crippen molar-refractivity contribution in [2.45, 2.75) is 0 Å². The quantitative estimate of drug-likeness (QED) is 0.733. The standard InChI is InChI=1S/C18H16N2O2/c1-21-14-8-10-18(22-2)13(11-14)7-9-17-15-5-3-4-6-16(15)19-12-20-17/h3-12H,1-2H3/b9-7+. The highest BCUT2D eigenvalue weighted by molar-refractivity contribution is 5.89. The van der Waals surface area contributed by atoms with E-state index in [1.807, 2.05) is 54.6 Å². The first-order chi connectivity index (χ1) is 10.8. The maximum Gasteiger partial charge on any atom is 0.126 e. The Morgan fingerprint density at radius 1 is 0.909 bits per heavy atom. The van der Waals surface area contributed by atoms with Crippen molar-refractivity contribution < 1.29 is 9.47 Å². The number of ether oxygens (including phenoxy) is 2. The molecule has 0 aliphatic heterocycles. The molecule has 3 aromatic rings. The van der Waals surface area contributed by atoms with Crippen molar-refractivity contribution in [2.24, 2.45) is 0 Å².